The minimum absolute atomic E-state index is 1.08. The molecule has 1 rings (SSSR count). The Morgan fingerprint density at radius 3 is 1.15 bits per heavy atom. The van der Waals surface area contributed by atoms with Crippen LogP contribution in [0, 0.1) is 0 Å². The molecule has 0 bridgehead atoms. The van der Waals surface area contributed by atoms with Crippen molar-refractivity contribution in [3.05, 3.63) is 36.5 Å². The Morgan fingerprint density at radius 1 is 0.538 bits per heavy atom. The first kappa shape index (κ1) is 18.1. The Labute approximate surface area is 85.1 Å². The molecule has 0 heteroatoms. The van der Waals surface area contributed by atoms with Gasteiger partial charge in [0.25, 0.3) is 0 Å². The number of hydrogen-bond acceptors (Lipinski definition) is 0. The van der Waals surface area contributed by atoms with Gasteiger partial charge in [0.15, 0.2) is 0 Å². The van der Waals surface area contributed by atoms with E-state index in [2.05, 4.69) is 24.3 Å². The normalized spacial score (nSPS) is 10.6. The van der Waals surface area contributed by atoms with Crippen LogP contribution in [0.2, 0.25) is 0 Å². The first-order valence-electron chi connectivity index (χ1n) is 5.48. The van der Waals surface area contributed by atoms with Gasteiger partial charge in [0, 0.05) is 0 Å². The molecule has 0 atom stereocenters. The third kappa shape index (κ3) is 24.7. The lowest BCUT2D eigenvalue weighted by Crippen LogP contribution is -1.48. The van der Waals surface area contributed by atoms with Gasteiger partial charge >= 0.3 is 0 Å². The molecule has 0 aromatic heterocycles. The molecule has 0 aromatic carbocycles. The Balaban J connectivity index is -0.000000144. The van der Waals surface area contributed by atoms with Crippen molar-refractivity contribution in [2.45, 2.75) is 48.0 Å². The zero-order valence-corrected chi connectivity index (χ0v) is 10.2. The van der Waals surface area contributed by atoms with Crippen molar-refractivity contribution in [1.29, 1.82) is 0 Å². The van der Waals surface area contributed by atoms with Crippen molar-refractivity contribution in [3.63, 3.8) is 0 Å². The van der Waals surface area contributed by atoms with Gasteiger partial charge in [-0.15, -0.1) is 0 Å². The Kier molecular flexibility index (Phi) is 42.2. The molecule has 0 saturated carbocycles. The highest BCUT2D eigenvalue weighted by Gasteiger charge is 1.70. The number of rotatable bonds is 0. The average molecular weight is 182 g/mol. The molecule has 0 heterocycles. The van der Waals surface area contributed by atoms with Crippen molar-refractivity contribution in [1.82, 2.24) is 0 Å². The predicted octanol–water partition coefficient (Wildman–Crippen LogP) is 5.14. The molecule has 0 nitrogen and oxygen atoms in total. The number of allylic oxidation sites excluding steroid dienone is 6. The van der Waals surface area contributed by atoms with Crippen molar-refractivity contribution >= 4 is 0 Å². The molecule has 0 saturated heterocycles. The summed E-state index contributed by atoms with van der Waals surface area (Å²) in [6.07, 6.45) is 13.5. The van der Waals surface area contributed by atoms with E-state index in [0.29, 0.717) is 0 Å². The van der Waals surface area contributed by atoms with Crippen LogP contribution in [0.5, 0.6) is 0 Å². The van der Waals surface area contributed by atoms with Gasteiger partial charge in [-0.3, -0.25) is 0 Å². The van der Waals surface area contributed by atoms with Crippen LogP contribution >= 0.6 is 0 Å². The second kappa shape index (κ2) is 30.3. The zero-order valence-electron chi connectivity index (χ0n) is 10.2. The quantitative estimate of drug-likeness (QED) is 0.487. The fraction of sp³-hybridized carbons (Fsp3) is 0.538. The van der Waals surface area contributed by atoms with Crippen LogP contribution in [0.4, 0.5) is 0 Å². The van der Waals surface area contributed by atoms with E-state index in [1.54, 1.807) is 0 Å². The van der Waals surface area contributed by atoms with Crippen LogP contribution in [0.25, 0.3) is 0 Å². The van der Waals surface area contributed by atoms with Gasteiger partial charge in [-0.2, -0.15) is 0 Å². The van der Waals surface area contributed by atoms with Crippen molar-refractivity contribution in [3.8, 4) is 0 Å². The first-order chi connectivity index (χ1) is 6.50. The molecule has 78 valence electrons. The molecule has 0 N–H and O–H groups in total. The second-order valence-electron chi connectivity index (χ2n) is 1.48. The highest BCUT2D eigenvalue weighted by molar-refractivity contribution is 5.16. The fourth-order valence-electron chi connectivity index (χ4n) is 0.521. The summed E-state index contributed by atoms with van der Waals surface area (Å²) >= 11 is 0. The standard InChI is InChI=1S/C7H8.3C2H6/c1-2-4-6-7-5-3-1;3*1-2/h1-6H,7H2;3*1-2H3. The van der Waals surface area contributed by atoms with Crippen molar-refractivity contribution in [2.24, 2.45) is 0 Å². The maximum absolute atomic E-state index is 2.12. The van der Waals surface area contributed by atoms with E-state index in [-0.39, 0.29) is 0 Å². The summed E-state index contributed by atoms with van der Waals surface area (Å²) < 4.78 is 0. The van der Waals surface area contributed by atoms with Crippen LogP contribution in [-0.4, -0.2) is 0 Å². The van der Waals surface area contributed by atoms with Gasteiger partial charge in [-0.05, 0) is 6.42 Å². The average Bonchev–Trinajstić information content (AvgIpc) is 2.58. The topological polar surface area (TPSA) is 0 Å². The lowest BCUT2D eigenvalue weighted by Gasteiger charge is -1.69. The Hall–Kier alpha value is -0.780. The first-order valence-corrected chi connectivity index (χ1v) is 5.48. The van der Waals surface area contributed by atoms with Gasteiger partial charge in [0.05, 0.1) is 0 Å². The van der Waals surface area contributed by atoms with Gasteiger partial charge in [-0.1, -0.05) is 78.0 Å². The summed E-state index contributed by atoms with van der Waals surface area (Å²) in [5.74, 6) is 0. The number of hydrogen-bond donors (Lipinski definition) is 0. The van der Waals surface area contributed by atoms with Crippen LogP contribution in [-0.2, 0) is 0 Å². The SMILES string of the molecule is C1=CC=CCC=C1.CC.CC.CC. The molecule has 0 spiro atoms. The Morgan fingerprint density at radius 2 is 0.846 bits per heavy atom. The summed E-state index contributed by atoms with van der Waals surface area (Å²) in [7, 11) is 0. The fourth-order valence-corrected chi connectivity index (χ4v) is 0.521. The Bertz CT molecular complexity index is 102. The van der Waals surface area contributed by atoms with Crippen LogP contribution in [0.3, 0.4) is 0 Å². The van der Waals surface area contributed by atoms with Gasteiger partial charge in [-0.25, -0.2) is 0 Å². The molecule has 0 radical (unpaired) electrons. The summed E-state index contributed by atoms with van der Waals surface area (Å²) in [5.41, 5.74) is 0. The molecule has 0 aliphatic heterocycles. The molecule has 0 unspecified atom stereocenters. The molecule has 0 amide bonds. The van der Waals surface area contributed by atoms with Crippen LogP contribution in [0.1, 0.15) is 48.0 Å². The van der Waals surface area contributed by atoms with Crippen molar-refractivity contribution in [2.75, 3.05) is 0 Å². The van der Waals surface area contributed by atoms with E-state index in [9.17, 15) is 0 Å². The maximum Gasteiger partial charge on any atom is -0.0163 e. The molecule has 0 fully saturated rings. The van der Waals surface area contributed by atoms with E-state index >= 15 is 0 Å². The van der Waals surface area contributed by atoms with Crippen LogP contribution in [0.15, 0.2) is 36.5 Å². The minimum atomic E-state index is 1.08. The summed E-state index contributed by atoms with van der Waals surface area (Å²) in [4.78, 5) is 0. The molecule has 1 aliphatic rings. The summed E-state index contributed by atoms with van der Waals surface area (Å²) in [6.45, 7) is 12.0. The van der Waals surface area contributed by atoms with Crippen molar-refractivity contribution < 1.29 is 0 Å². The summed E-state index contributed by atoms with van der Waals surface area (Å²) in [5, 5.41) is 0. The third-order valence-corrected chi connectivity index (χ3v) is 0.878. The molecule has 13 heavy (non-hydrogen) atoms. The highest BCUT2D eigenvalue weighted by atomic mass is 13.8. The smallest absolute Gasteiger partial charge is 0.0163 e. The largest absolute Gasteiger partial charge is 0.0807 e. The minimum Gasteiger partial charge on any atom is -0.0807 e. The van der Waals surface area contributed by atoms with E-state index < -0.39 is 0 Å². The molecular formula is C13H26. The van der Waals surface area contributed by atoms with E-state index in [4.69, 9.17) is 0 Å². The van der Waals surface area contributed by atoms with E-state index in [0.717, 1.165) is 6.42 Å². The second-order valence-corrected chi connectivity index (χ2v) is 1.48. The van der Waals surface area contributed by atoms with Crippen LogP contribution < -0.4 is 0 Å². The molecular weight excluding hydrogens is 156 g/mol. The molecule has 1 aliphatic carbocycles. The monoisotopic (exact) mass is 182 g/mol. The zero-order chi connectivity index (χ0) is 10.9. The van der Waals surface area contributed by atoms with Gasteiger partial charge < -0.3 is 0 Å². The van der Waals surface area contributed by atoms with E-state index in [1.165, 1.54) is 0 Å². The molecule has 0 aromatic rings. The van der Waals surface area contributed by atoms with Gasteiger partial charge in [0.2, 0.25) is 0 Å². The van der Waals surface area contributed by atoms with E-state index in [1.807, 2.05) is 53.7 Å². The summed E-state index contributed by atoms with van der Waals surface area (Å²) in [6, 6.07) is 0. The predicted molar refractivity (Wildman–Crippen MR) is 66.1 cm³/mol. The maximum atomic E-state index is 2.12. The lowest BCUT2D eigenvalue weighted by atomic mass is 10.4. The van der Waals surface area contributed by atoms with Gasteiger partial charge in [0.1, 0.15) is 0 Å². The third-order valence-electron chi connectivity index (χ3n) is 0.878. The lowest BCUT2D eigenvalue weighted by molar-refractivity contribution is 1.41. The highest BCUT2D eigenvalue weighted by Crippen LogP contribution is 1.91.